The van der Waals surface area contributed by atoms with Crippen LogP contribution in [0.15, 0.2) is 24.3 Å². The summed E-state index contributed by atoms with van der Waals surface area (Å²) in [6.07, 6.45) is 0. The predicted octanol–water partition coefficient (Wildman–Crippen LogP) is 1.33. The van der Waals surface area contributed by atoms with E-state index in [9.17, 15) is 4.79 Å². The SMILES string of the molecule is C[C@@]1(C(=O)NCc2cccc(Cl)c2)CNCCO1. The molecule has 1 aromatic carbocycles. The van der Waals surface area contributed by atoms with Gasteiger partial charge in [-0.2, -0.15) is 0 Å². The maximum atomic E-state index is 12.1. The van der Waals surface area contributed by atoms with Gasteiger partial charge in [-0.25, -0.2) is 0 Å². The van der Waals surface area contributed by atoms with Gasteiger partial charge in [-0.15, -0.1) is 0 Å². The molecule has 0 saturated carbocycles. The van der Waals surface area contributed by atoms with Crippen molar-refractivity contribution >= 4 is 17.5 Å². The summed E-state index contributed by atoms with van der Waals surface area (Å²) >= 11 is 5.89. The first kappa shape index (κ1) is 13.3. The minimum absolute atomic E-state index is 0.102. The van der Waals surface area contributed by atoms with Crippen LogP contribution in [0, 0.1) is 0 Å². The predicted molar refractivity (Wildman–Crippen MR) is 70.5 cm³/mol. The van der Waals surface area contributed by atoms with Crippen LogP contribution in [0.5, 0.6) is 0 Å². The van der Waals surface area contributed by atoms with Gasteiger partial charge in [0.1, 0.15) is 0 Å². The topological polar surface area (TPSA) is 50.4 Å². The standard InChI is InChI=1S/C13H17ClN2O2/c1-13(9-15-5-6-18-13)12(17)16-8-10-3-2-4-11(14)7-10/h2-4,7,15H,5-6,8-9H2,1H3,(H,16,17)/t13-/m0/s1. The molecule has 4 nitrogen and oxygen atoms in total. The summed E-state index contributed by atoms with van der Waals surface area (Å²) in [6.45, 7) is 4.14. The Kier molecular flexibility index (Phi) is 4.22. The summed E-state index contributed by atoms with van der Waals surface area (Å²) in [7, 11) is 0. The average Bonchev–Trinajstić information content (AvgIpc) is 2.37. The van der Waals surface area contributed by atoms with E-state index in [1.165, 1.54) is 0 Å². The number of morpholine rings is 1. The normalized spacial score (nSPS) is 23.7. The molecule has 2 N–H and O–H groups in total. The number of nitrogens with one attached hydrogen (secondary N) is 2. The highest BCUT2D eigenvalue weighted by molar-refractivity contribution is 6.30. The molecule has 2 rings (SSSR count). The fourth-order valence-corrected chi connectivity index (χ4v) is 2.10. The highest BCUT2D eigenvalue weighted by Crippen LogP contribution is 2.14. The van der Waals surface area contributed by atoms with Gasteiger partial charge in [0.15, 0.2) is 5.60 Å². The minimum Gasteiger partial charge on any atom is -0.363 e. The van der Waals surface area contributed by atoms with E-state index in [0.29, 0.717) is 24.7 Å². The molecule has 18 heavy (non-hydrogen) atoms. The second-order valence-electron chi connectivity index (χ2n) is 4.57. The molecule has 0 unspecified atom stereocenters. The molecular formula is C13H17ClN2O2. The highest BCUT2D eigenvalue weighted by atomic mass is 35.5. The fourth-order valence-electron chi connectivity index (χ4n) is 1.89. The van der Waals surface area contributed by atoms with E-state index in [0.717, 1.165) is 12.1 Å². The van der Waals surface area contributed by atoms with Gasteiger partial charge in [-0.05, 0) is 24.6 Å². The smallest absolute Gasteiger partial charge is 0.253 e. The minimum atomic E-state index is -0.781. The Morgan fingerprint density at radius 3 is 3.11 bits per heavy atom. The zero-order chi connectivity index (χ0) is 13.0. The summed E-state index contributed by atoms with van der Waals surface area (Å²) in [4.78, 5) is 12.1. The molecule has 1 aromatic rings. The van der Waals surface area contributed by atoms with Crippen molar-refractivity contribution in [2.45, 2.75) is 19.1 Å². The molecule has 1 fully saturated rings. The van der Waals surface area contributed by atoms with E-state index < -0.39 is 5.60 Å². The number of benzene rings is 1. The number of amides is 1. The van der Waals surface area contributed by atoms with E-state index in [1.54, 1.807) is 6.92 Å². The number of rotatable bonds is 3. The van der Waals surface area contributed by atoms with E-state index in [-0.39, 0.29) is 5.91 Å². The first-order chi connectivity index (χ1) is 8.60. The number of carbonyl (C=O) groups excluding carboxylic acids is 1. The van der Waals surface area contributed by atoms with Crippen LogP contribution < -0.4 is 10.6 Å². The van der Waals surface area contributed by atoms with Gasteiger partial charge in [0, 0.05) is 24.7 Å². The largest absolute Gasteiger partial charge is 0.363 e. The van der Waals surface area contributed by atoms with Crippen LogP contribution in [0.25, 0.3) is 0 Å². The van der Waals surface area contributed by atoms with Gasteiger partial charge in [0.25, 0.3) is 5.91 Å². The zero-order valence-corrected chi connectivity index (χ0v) is 11.1. The van der Waals surface area contributed by atoms with Crippen LogP contribution in [-0.4, -0.2) is 31.2 Å². The van der Waals surface area contributed by atoms with Gasteiger partial charge in [-0.1, -0.05) is 23.7 Å². The third kappa shape index (κ3) is 3.22. The highest BCUT2D eigenvalue weighted by Gasteiger charge is 2.35. The van der Waals surface area contributed by atoms with Crippen molar-refractivity contribution in [3.8, 4) is 0 Å². The van der Waals surface area contributed by atoms with Crippen molar-refractivity contribution in [1.29, 1.82) is 0 Å². The molecule has 1 atom stereocenters. The van der Waals surface area contributed by atoms with Crippen molar-refractivity contribution < 1.29 is 9.53 Å². The Balaban J connectivity index is 1.91. The van der Waals surface area contributed by atoms with Gasteiger partial charge in [0.2, 0.25) is 0 Å². The van der Waals surface area contributed by atoms with Crippen molar-refractivity contribution in [2.24, 2.45) is 0 Å². The van der Waals surface area contributed by atoms with Crippen molar-refractivity contribution in [3.63, 3.8) is 0 Å². The molecule has 1 aliphatic rings. The summed E-state index contributed by atoms with van der Waals surface area (Å²) in [6, 6.07) is 7.44. The maximum absolute atomic E-state index is 12.1. The molecule has 5 heteroatoms. The van der Waals surface area contributed by atoms with Crippen LogP contribution >= 0.6 is 11.6 Å². The second kappa shape index (κ2) is 5.69. The van der Waals surface area contributed by atoms with Crippen molar-refractivity contribution in [1.82, 2.24) is 10.6 Å². The monoisotopic (exact) mass is 268 g/mol. The summed E-state index contributed by atoms with van der Waals surface area (Å²) < 4.78 is 5.54. The lowest BCUT2D eigenvalue weighted by atomic mass is 10.0. The molecule has 1 aliphatic heterocycles. The van der Waals surface area contributed by atoms with Crippen molar-refractivity contribution in [2.75, 3.05) is 19.7 Å². The summed E-state index contributed by atoms with van der Waals surface area (Å²) in [5.74, 6) is -0.102. The lowest BCUT2D eigenvalue weighted by molar-refractivity contribution is -0.148. The van der Waals surface area contributed by atoms with E-state index in [4.69, 9.17) is 16.3 Å². The first-order valence-corrected chi connectivity index (χ1v) is 6.35. The van der Waals surface area contributed by atoms with Gasteiger partial charge in [-0.3, -0.25) is 4.79 Å². The van der Waals surface area contributed by atoms with Crippen LogP contribution in [0.1, 0.15) is 12.5 Å². The van der Waals surface area contributed by atoms with E-state index in [2.05, 4.69) is 10.6 Å². The average molecular weight is 269 g/mol. The third-order valence-corrected chi connectivity index (χ3v) is 3.22. The number of carbonyl (C=O) groups is 1. The second-order valence-corrected chi connectivity index (χ2v) is 5.01. The lowest BCUT2D eigenvalue weighted by Gasteiger charge is -2.32. The van der Waals surface area contributed by atoms with Crippen molar-refractivity contribution in [3.05, 3.63) is 34.9 Å². The van der Waals surface area contributed by atoms with E-state index in [1.807, 2.05) is 24.3 Å². The van der Waals surface area contributed by atoms with Crippen LogP contribution in [-0.2, 0) is 16.1 Å². The van der Waals surface area contributed by atoms with E-state index >= 15 is 0 Å². The Morgan fingerprint density at radius 1 is 1.61 bits per heavy atom. The van der Waals surface area contributed by atoms with Gasteiger partial charge in [0.05, 0.1) is 6.61 Å². The Hall–Kier alpha value is -1.10. The third-order valence-electron chi connectivity index (χ3n) is 2.98. The maximum Gasteiger partial charge on any atom is 0.253 e. The lowest BCUT2D eigenvalue weighted by Crippen LogP contribution is -2.56. The Labute approximate surface area is 112 Å². The summed E-state index contributed by atoms with van der Waals surface area (Å²) in [5, 5.41) is 6.70. The quantitative estimate of drug-likeness (QED) is 0.870. The molecule has 98 valence electrons. The number of ether oxygens (including phenoxy) is 1. The molecule has 1 amide bonds. The summed E-state index contributed by atoms with van der Waals surface area (Å²) in [5.41, 5.74) is 0.194. The molecule has 1 heterocycles. The Bertz CT molecular complexity index is 431. The van der Waals surface area contributed by atoms with Gasteiger partial charge >= 0.3 is 0 Å². The molecular weight excluding hydrogens is 252 g/mol. The Morgan fingerprint density at radius 2 is 2.44 bits per heavy atom. The first-order valence-electron chi connectivity index (χ1n) is 5.98. The molecule has 0 radical (unpaired) electrons. The van der Waals surface area contributed by atoms with Crippen LogP contribution in [0.3, 0.4) is 0 Å². The molecule has 0 bridgehead atoms. The zero-order valence-electron chi connectivity index (χ0n) is 10.3. The molecule has 1 saturated heterocycles. The fraction of sp³-hybridized carbons (Fsp3) is 0.462. The van der Waals surface area contributed by atoms with Gasteiger partial charge < -0.3 is 15.4 Å². The number of hydrogen-bond acceptors (Lipinski definition) is 3. The molecule has 0 aromatic heterocycles. The number of halogens is 1. The number of hydrogen-bond donors (Lipinski definition) is 2. The van der Waals surface area contributed by atoms with Crippen LogP contribution in [0.4, 0.5) is 0 Å². The van der Waals surface area contributed by atoms with Crippen LogP contribution in [0.2, 0.25) is 5.02 Å². The molecule has 0 spiro atoms. The molecule has 0 aliphatic carbocycles.